The molecule has 1 heterocycles. The van der Waals surface area contributed by atoms with E-state index in [1.54, 1.807) is 30.3 Å². The number of anilines is 1. The summed E-state index contributed by atoms with van der Waals surface area (Å²) in [5, 5.41) is 0.809. The maximum atomic E-state index is 13.1. The zero-order valence-electron chi connectivity index (χ0n) is 15.7. The molecular formula is C21H23BrN2O2S. The third kappa shape index (κ3) is 3.56. The van der Waals surface area contributed by atoms with Crippen LogP contribution < -0.4 is 5.73 Å². The lowest BCUT2D eigenvalue weighted by atomic mass is 9.95. The Bertz CT molecular complexity index is 1130. The van der Waals surface area contributed by atoms with E-state index in [-0.39, 0.29) is 15.7 Å². The van der Waals surface area contributed by atoms with E-state index in [0.29, 0.717) is 5.69 Å². The van der Waals surface area contributed by atoms with E-state index in [1.807, 2.05) is 30.8 Å². The summed E-state index contributed by atoms with van der Waals surface area (Å²) in [6, 6.07) is 10.0. The minimum Gasteiger partial charge on any atom is -0.397 e. The predicted octanol–water partition coefficient (Wildman–Crippen LogP) is 5.11. The van der Waals surface area contributed by atoms with Crippen molar-refractivity contribution >= 4 is 42.4 Å². The van der Waals surface area contributed by atoms with E-state index in [1.165, 1.54) is 0 Å². The van der Waals surface area contributed by atoms with Crippen molar-refractivity contribution in [3.05, 3.63) is 64.8 Å². The molecule has 0 aliphatic rings. The van der Waals surface area contributed by atoms with Gasteiger partial charge in [-0.1, -0.05) is 35.0 Å². The molecule has 2 aromatic carbocycles. The lowest BCUT2D eigenvalue weighted by Crippen LogP contribution is -2.07. The summed E-state index contributed by atoms with van der Waals surface area (Å²) in [5.74, 6) is 0.279. The number of nitrogen functional groups attached to an aromatic ring is 1. The molecule has 0 aliphatic heterocycles. The summed E-state index contributed by atoms with van der Waals surface area (Å²) in [6.07, 6.45) is 2.79. The third-order valence-corrected chi connectivity index (χ3v) is 7.37. The fourth-order valence-electron chi connectivity index (χ4n) is 3.22. The number of aromatic nitrogens is 1. The Kier molecular flexibility index (Phi) is 5.23. The van der Waals surface area contributed by atoms with Crippen LogP contribution in [0.3, 0.4) is 0 Å². The lowest BCUT2D eigenvalue weighted by Gasteiger charge is -2.13. The maximum absolute atomic E-state index is 13.1. The molecule has 3 rings (SSSR count). The Hall–Kier alpha value is -2.05. The second-order valence-electron chi connectivity index (χ2n) is 7.05. The summed E-state index contributed by atoms with van der Waals surface area (Å²) < 4.78 is 29.1. The molecule has 2 N–H and O–H groups in total. The van der Waals surface area contributed by atoms with Gasteiger partial charge in [0.25, 0.3) is 0 Å². The van der Waals surface area contributed by atoms with Crippen molar-refractivity contribution in [2.24, 2.45) is 13.0 Å². The largest absolute Gasteiger partial charge is 0.397 e. The van der Waals surface area contributed by atoms with E-state index in [0.717, 1.165) is 32.9 Å². The first-order chi connectivity index (χ1) is 12.6. The highest BCUT2D eigenvalue weighted by Gasteiger charge is 2.24. The van der Waals surface area contributed by atoms with Gasteiger partial charge in [0.15, 0.2) is 0 Å². The summed E-state index contributed by atoms with van der Waals surface area (Å²) >= 11 is 3.33. The average Bonchev–Trinajstić information content (AvgIpc) is 2.91. The van der Waals surface area contributed by atoms with Crippen molar-refractivity contribution in [2.75, 3.05) is 5.73 Å². The van der Waals surface area contributed by atoms with E-state index >= 15 is 0 Å². The normalized spacial score (nSPS) is 13.0. The first kappa shape index (κ1) is 19.7. The van der Waals surface area contributed by atoms with Crippen molar-refractivity contribution < 1.29 is 8.42 Å². The minimum atomic E-state index is -3.70. The quantitative estimate of drug-likeness (QED) is 0.437. The molecule has 4 nitrogen and oxygen atoms in total. The Labute approximate surface area is 168 Å². The summed E-state index contributed by atoms with van der Waals surface area (Å²) in [7, 11) is -1.76. The van der Waals surface area contributed by atoms with Crippen LogP contribution in [0.4, 0.5) is 5.69 Å². The number of hydrogen-bond acceptors (Lipinski definition) is 3. The molecular weight excluding hydrogens is 424 g/mol. The topological polar surface area (TPSA) is 65.1 Å². The van der Waals surface area contributed by atoms with Gasteiger partial charge in [-0.15, -0.1) is 0 Å². The minimum absolute atomic E-state index is 0.146. The van der Waals surface area contributed by atoms with Gasteiger partial charge in [-0.25, -0.2) is 8.42 Å². The molecule has 0 fully saturated rings. The molecule has 27 heavy (non-hydrogen) atoms. The maximum Gasteiger partial charge on any atom is 0.208 e. The zero-order chi connectivity index (χ0) is 19.9. The smallest absolute Gasteiger partial charge is 0.208 e. The van der Waals surface area contributed by atoms with Crippen LogP contribution in [0.25, 0.3) is 10.9 Å². The van der Waals surface area contributed by atoms with Gasteiger partial charge in [0.1, 0.15) is 0 Å². The molecule has 3 aromatic rings. The second kappa shape index (κ2) is 7.17. The summed E-state index contributed by atoms with van der Waals surface area (Å²) in [4.78, 5) is 0.372. The number of sulfone groups is 1. The fourth-order valence-corrected chi connectivity index (χ4v) is 4.87. The zero-order valence-corrected chi connectivity index (χ0v) is 18.1. The van der Waals surface area contributed by atoms with Crippen molar-refractivity contribution in [1.29, 1.82) is 0 Å². The van der Waals surface area contributed by atoms with Gasteiger partial charge >= 0.3 is 0 Å². The fraction of sp³-hybridized carbons (Fsp3) is 0.238. The number of benzene rings is 2. The SMILES string of the molecule is C=C(C)C(C)Cc1cn(C)c2ccc(S(=O)(=O)c3ccc(Br)cc3)c(N)c12. The average molecular weight is 447 g/mol. The highest BCUT2D eigenvalue weighted by Crippen LogP contribution is 2.36. The van der Waals surface area contributed by atoms with Crippen LogP contribution in [0.15, 0.2) is 69.0 Å². The monoisotopic (exact) mass is 446 g/mol. The Balaban J connectivity index is 2.19. The Morgan fingerprint density at radius 1 is 1.22 bits per heavy atom. The summed E-state index contributed by atoms with van der Waals surface area (Å²) in [6.45, 7) is 8.14. The molecule has 0 saturated carbocycles. The lowest BCUT2D eigenvalue weighted by molar-refractivity contribution is 0.596. The van der Waals surface area contributed by atoms with Crippen LogP contribution in [0.2, 0.25) is 0 Å². The molecule has 1 atom stereocenters. The van der Waals surface area contributed by atoms with E-state index in [2.05, 4.69) is 29.4 Å². The number of aryl methyl sites for hydroxylation is 1. The number of allylic oxidation sites excluding steroid dienone is 1. The third-order valence-electron chi connectivity index (χ3n) is 5.01. The van der Waals surface area contributed by atoms with E-state index < -0.39 is 9.84 Å². The molecule has 1 unspecified atom stereocenters. The number of rotatable bonds is 5. The van der Waals surface area contributed by atoms with Gasteiger partial charge < -0.3 is 10.3 Å². The number of fused-ring (bicyclic) bond motifs is 1. The molecule has 0 saturated heterocycles. The van der Waals surface area contributed by atoms with Crippen LogP contribution in [0, 0.1) is 5.92 Å². The van der Waals surface area contributed by atoms with E-state index in [4.69, 9.17) is 5.73 Å². The molecule has 0 spiro atoms. The van der Waals surface area contributed by atoms with Crippen molar-refractivity contribution in [1.82, 2.24) is 4.57 Å². The van der Waals surface area contributed by atoms with Gasteiger partial charge in [-0.2, -0.15) is 0 Å². The van der Waals surface area contributed by atoms with Gasteiger partial charge in [0.05, 0.1) is 21.0 Å². The number of halogens is 1. The molecule has 0 amide bonds. The standard InChI is InChI=1S/C21H23BrN2O2S/c1-13(2)14(3)11-15-12-24(4)18-9-10-19(21(23)20(15)18)27(25,26)17-7-5-16(22)6-8-17/h5-10,12,14H,1,11,23H2,2-4H3. The molecule has 1 aromatic heterocycles. The van der Waals surface area contributed by atoms with Crippen molar-refractivity contribution in [3.63, 3.8) is 0 Å². The molecule has 142 valence electrons. The van der Waals surface area contributed by atoms with Crippen molar-refractivity contribution in [3.8, 4) is 0 Å². The van der Waals surface area contributed by atoms with Gasteiger partial charge in [-0.3, -0.25) is 0 Å². The molecule has 6 heteroatoms. The molecule has 0 aliphatic carbocycles. The highest BCUT2D eigenvalue weighted by molar-refractivity contribution is 9.10. The van der Waals surface area contributed by atoms with Crippen LogP contribution in [0.1, 0.15) is 19.4 Å². The highest BCUT2D eigenvalue weighted by atomic mass is 79.9. The number of nitrogens with two attached hydrogens (primary N) is 1. The molecule has 0 radical (unpaired) electrons. The van der Waals surface area contributed by atoms with Gasteiger partial charge in [-0.05, 0) is 61.2 Å². The van der Waals surface area contributed by atoms with Crippen LogP contribution in [-0.4, -0.2) is 13.0 Å². The van der Waals surface area contributed by atoms with Gasteiger partial charge in [0, 0.05) is 23.1 Å². The van der Waals surface area contributed by atoms with Crippen LogP contribution in [0.5, 0.6) is 0 Å². The van der Waals surface area contributed by atoms with Gasteiger partial charge in [0.2, 0.25) is 9.84 Å². The first-order valence-electron chi connectivity index (χ1n) is 8.65. The number of hydrogen-bond donors (Lipinski definition) is 1. The number of nitrogens with zero attached hydrogens (tertiary/aromatic N) is 1. The summed E-state index contributed by atoms with van der Waals surface area (Å²) in [5.41, 5.74) is 9.76. The predicted molar refractivity (Wildman–Crippen MR) is 115 cm³/mol. The van der Waals surface area contributed by atoms with Crippen LogP contribution in [-0.2, 0) is 23.3 Å². The first-order valence-corrected chi connectivity index (χ1v) is 10.9. The van der Waals surface area contributed by atoms with E-state index in [9.17, 15) is 8.42 Å². The molecule has 0 bridgehead atoms. The van der Waals surface area contributed by atoms with Crippen LogP contribution >= 0.6 is 15.9 Å². The van der Waals surface area contributed by atoms with Crippen molar-refractivity contribution in [2.45, 2.75) is 30.1 Å². The Morgan fingerprint density at radius 3 is 2.44 bits per heavy atom. The second-order valence-corrected chi connectivity index (χ2v) is 9.88. The Morgan fingerprint density at radius 2 is 1.85 bits per heavy atom.